The Hall–Kier alpha value is -3.33. The van der Waals surface area contributed by atoms with Crippen molar-refractivity contribution in [3.63, 3.8) is 0 Å². The number of rotatable bonds is 5. The van der Waals surface area contributed by atoms with E-state index in [1.807, 2.05) is 6.20 Å². The topological polar surface area (TPSA) is 16.1 Å². The molecule has 1 aliphatic rings. The van der Waals surface area contributed by atoms with Gasteiger partial charge in [-0.25, -0.2) is 0 Å². The molecule has 3 heteroatoms. The van der Waals surface area contributed by atoms with Crippen LogP contribution in [0, 0.1) is 19.3 Å². The fourth-order valence-corrected chi connectivity index (χ4v) is 6.82. The largest absolute Gasteiger partial charge is 0.409 e. The Kier molecular flexibility index (Phi) is 7.46. The summed E-state index contributed by atoms with van der Waals surface area (Å²) in [6.07, 6.45) is 3.02. The normalized spacial score (nSPS) is 13.2. The summed E-state index contributed by atoms with van der Waals surface area (Å²) in [6, 6.07) is 23.0. The maximum absolute atomic E-state index is 5.04. The van der Waals surface area contributed by atoms with E-state index in [9.17, 15) is 0 Å². The van der Waals surface area contributed by atoms with Gasteiger partial charge in [-0.05, 0) is 95.9 Å². The first kappa shape index (κ1) is 28.2. The van der Waals surface area contributed by atoms with Crippen molar-refractivity contribution in [2.24, 2.45) is 5.41 Å². The average molecular weight is 529 g/mol. The van der Waals surface area contributed by atoms with Crippen molar-refractivity contribution in [3.8, 4) is 22.4 Å². The standard InChI is InChI=1S/C37H45BN2/c1-23(2)29-14-12-15-30(24(3)4)35(29)38-34-27(22-37(7,8)9)13-11-16-31(34)33-32(40(38)10)17-18-39-36(33)28-20-25(5)19-26(6)21-28/h11-21,23-24H,22H2,1-10H3. The van der Waals surface area contributed by atoms with Crippen LogP contribution >= 0.6 is 0 Å². The van der Waals surface area contributed by atoms with Gasteiger partial charge in [0.25, 0.3) is 0 Å². The number of aryl methyl sites for hydroxylation is 2. The zero-order valence-corrected chi connectivity index (χ0v) is 26.2. The molecule has 0 saturated carbocycles. The minimum absolute atomic E-state index is 0.131. The minimum Gasteiger partial charge on any atom is -0.409 e. The molecule has 0 unspecified atom stereocenters. The quantitative estimate of drug-likeness (QED) is 0.242. The summed E-state index contributed by atoms with van der Waals surface area (Å²) in [5, 5.41) is 0. The van der Waals surface area contributed by atoms with E-state index in [-0.39, 0.29) is 12.3 Å². The average Bonchev–Trinajstić information content (AvgIpc) is 2.87. The summed E-state index contributed by atoms with van der Waals surface area (Å²) in [6.45, 7) is 20.9. The van der Waals surface area contributed by atoms with Crippen LogP contribution in [-0.4, -0.2) is 18.9 Å². The first-order chi connectivity index (χ1) is 18.9. The Morgan fingerprint density at radius 2 is 1.40 bits per heavy atom. The lowest BCUT2D eigenvalue weighted by atomic mass is 9.42. The lowest BCUT2D eigenvalue weighted by Crippen LogP contribution is -2.61. The van der Waals surface area contributed by atoms with Gasteiger partial charge in [-0.2, -0.15) is 0 Å². The zero-order valence-electron chi connectivity index (χ0n) is 26.2. The molecule has 0 aliphatic carbocycles. The molecule has 0 spiro atoms. The van der Waals surface area contributed by atoms with Crippen molar-refractivity contribution in [3.05, 3.63) is 94.7 Å². The highest BCUT2D eigenvalue weighted by molar-refractivity contribution is 6.90. The third-order valence-corrected chi connectivity index (χ3v) is 8.34. The monoisotopic (exact) mass is 528 g/mol. The van der Waals surface area contributed by atoms with Crippen LogP contribution in [0.2, 0.25) is 0 Å². The van der Waals surface area contributed by atoms with Crippen LogP contribution in [0.25, 0.3) is 22.4 Å². The van der Waals surface area contributed by atoms with Crippen molar-refractivity contribution in [1.82, 2.24) is 4.98 Å². The minimum atomic E-state index is 0.131. The molecule has 0 saturated heterocycles. The lowest BCUT2D eigenvalue weighted by molar-refractivity contribution is 0.412. The van der Waals surface area contributed by atoms with Gasteiger partial charge in [-0.15, -0.1) is 0 Å². The van der Waals surface area contributed by atoms with E-state index in [1.54, 1.807) is 0 Å². The Balaban J connectivity index is 1.89. The highest BCUT2D eigenvalue weighted by Gasteiger charge is 2.40. The number of anilines is 1. The lowest BCUT2D eigenvalue weighted by Gasteiger charge is -2.40. The first-order valence-electron chi connectivity index (χ1n) is 14.9. The van der Waals surface area contributed by atoms with Gasteiger partial charge in [0.1, 0.15) is 0 Å². The molecule has 0 bridgehead atoms. The third kappa shape index (κ3) is 5.12. The summed E-state index contributed by atoms with van der Waals surface area (Å²) in [4.78, 5) is 7.59. The molecule has 4 aromatic rings. The molecular formula is C37H45BN2. The number of pyridine rings is 1. The van der Waals surface area contributed by atoms with Crippen LogP contribution in [-0.2, 0) is 6.42 Å². The predicted octanol–water partition coefficient (Wildman–Crippen LogP) is 8.42. The van der Waals surface area contributed by atoms with Gasteiger partial charge in [0.2, 0.25) is 0 Å². The molecule has 206 valence electrons. The van der Waals surface area contributed by atoms with Crippen LogP contribution in [0.5, 0.6) is 0 Å². The second kappa shape index (κ2) is 10.6. The van der Waals surface area contributed by atoms with Crippen LogP contribution in [0.4, 0.5) is 5.69 Å². The van der Waals surface area contributed by atoms with Crippen molar-refractivity contribution in [1.29, 1.82) is 0 Å². The third-order valence-electron chi connectivity index (χ3n) is 8.34. The smallest absolute Gasteiger partial charge is 0.324 e. The molecule has 0 fully saturated rings. The Morgan fingerprint density at radius 1 is 0.800 bits per heavy atom. The molecule has 3 aromatic carbocycles. The molecule has 0 atom stereocenters. The predicted molar refractivity (Wildman–Crippen MR) is 176 cm³/mol. The Labute approximate surface area is 243 Å². The Morgan fingerprint density at radius 3 is 1.98 bits per heavy atom. The van der Waals surface area contributed by atoms with Crippen LogP contribution < -0.4 is 15.7 Å². The maximum atomic E-state index is 5.04. The number of aromatic nitrogens is 1. The van der Waals surface area contributed by atoms with E-state index >= 15 is 0 Å². The number of fused-ring (bicyclic) bond motifs is 3. The van der Waals surface area contributed by atoms with Gasteiger partial charge in [-0.1, -0.05) is 102 Å². The zero-order chi connectivity index (χ0) is 28.9. The second-order valence-electron chi connectivity index (χ2n) is 13.7. The van der Waals surface area contributed by atoms with Gasteiger partial charge in [0.05, 0.1) is 5.69 Å². The van der Waals surface area contributed by atoms with Gasteiger partial charge >= 0.3 is 6.85 Å². The van der Waals surface area contributed by atoms with Crippen LogP contribution in [0.1, 0.15) is 88.1 Å². The van der Waals surface area contributed by atoms with Crippen molar-refractivity contribution < 1.29 is 0 Å². The van der Waals surface area contributed by atoms with Crippen molar-refractivity contribution in [2.45, 2.75) is 80.6 Å². The van der Waals surface area contributed by atoms with Gasteiger partial charge in [-0.3, -0.25) is 4.98 Å². The first-order valence-corrected chi connectivity index (χ1v) is 14.9. The van der Waals surface area contributed by atoms with Gasteiger partial charge in [0, 0.05) is 23.0 Å². The SMILES string of the molecule is Cc1cc(C)cc(-c2nccc3c2-c2cccc(CC(C)(C)C)c2B(c2c(C(C)C)cccc2C(C)C)N3C)c1. The number of hydrogen-bond donors (Lipinski definition) is 0. The highest BCUT2D eigenvalue weighted by Crippen LogP contribution is 2.42. The summed E-state index contributed by atoms with van der Waals surface area (Å²) in [7, 11) is 2.30. The van der Waals surface area contributed by atoms with Crippen LogP contribution in [0.15, 0.2) is 66.9 Å². The van der Waals surface area contributed by atoms with E-state index in [0.717, 1.165) is 12.1 Å². The maximum Gasteiger partial charge on any atom is 0.324 e. The van der Waals surface area contributed by atoms with E-state index in [2.05, 4.69) is 135 Å². The molecule has 0 radical (unpaired) electrons. The van der Waals surface area contributed by atoms with Crippen molar-refractivity contribution in [2.75, 3.05) is 11.9 Å². The summed E-state index contributed by atoms with van der Waals surface area (Å²) >= 11 is 0. The summed E-state index contributed by atoms with van der Waals surface area (Å²) in [5.41, 5.74) is 16.1. The summed E-state index contributed by atoms with van der Waals surface area (Å²) in [5.74, 6) is 0.870. The number of hydrogen-bond acceptors (Lipinski definition) is 2. The Bertz CT molecular complexity index is 1510. The number of benzene rings is 3. The second-order valence-corrected chi connectivity index (χ2v) is 13.7. The molecule has 0 amide bonds. The van der Waals surface area contributed by atoms with Crippen LogP contribution in [0.3, 0.4) is 0 Å². The van der Waals surface area contributed by atoms with Gasteiger partial charge in [0.15, 0.2) is 0 Å². The van der Waals surface area contributed by atoms with E-state index in [1.165, 1.54) is 61.1 Å². The molecule has 1 aromatic heterocycles. The molecule has 40 heavy (non-hydrogen) atoms. The van der Waals surface area contributed by atoms with Crippen molar-refractivity contribution >= 4 is 23.5 Å². The fraction of sp³-hybridized carbons (Fsp3) is 0.378. The van der Waals surface area contributed by atoms with Gasteiger partial charge < -0.3 is 4.81 Å². The molecule has 2 heterocycles. The molecule has 5 rings (SSSR count). The van der Waals surface area contributed by atoms with E-state index in [4.69, 9.17) is 4.98 Å². The molecular weight excluding hydrogens is 483 g/mol. The van der Waals surface area contributed by atoms with E-state index in [0.29, 0.717) is 11.8 Å². The molecule has 0 N–H and O–H groups in total. The fourth-order valence-electron chi connectivity index (χ4n) is 6.82. The van der Waals surface area contributed by atoms with E-state index < -0.39 is 0 Å². The number of nitrogens with zero attached hydrogens (tertiary/aromatic N) is 2. The molecule has 1 aliphatic heterocycles. The highest BCUT2D eigenvalue weighted by atomic mass is 15.0. The molecule has 2 nitrogen and oxygen atoms in total. The summed E-state index contributed by atoms with van der Waals surface area (Å²) < 4.78 is 0.